The molecule has 1 amide bonds. The SMILES string of the molecule is CCN(CC)CCN(C(=O)Cc1cccs1)c1nc2c(F)cccc2s1.Cl. The molecule has 0 aliphatic carbocycles. The van der Waals surface area contributed by atoms with Gasteiger partial charge in [0, 0.05) is 18.0 Å². The first kappa shape index (κ1) is 21.8. The summed E-state index contributed by atoms with van der Waals surface area (Å²) in [7, 11) is 0. The highest BCUT2D eigenvalue weighted by atomic mass is 35.5. The molecule has 2 heterocycles. The molecule has 4 nitrogen and oxygen atoms in total. The van der Waals surface area contributed by atoms with Gasteiger partial charge in [0.1, 0.15) is 11.3 Å². The van der Waals surface area contributed by atoms with Gasteiger partial charge < -0.3 is 4.90 Å². The van der Waals surface area contributed by atoms with Crippen LogP contribution >= 0.6 is 35.1 Å². The minimum atomic E-state index is -0.348. The maximum Gasteiger partial charge on any atom is 0.234 e. The van der Waals surface area contributed by atoms with Gasteiger partial charge in [-0.25, -0.2) is 9.37 Å². The highest BCUT2D eigenvalue weighted by Crippen LogP contribution is 2.30. The Balaban J connectivity index is 0.00000261. The van der Waals surface area contributed by atoms with Gasteiger partial charge in [-0.3, -0.25) is 9.69 Å². The fraction of sp³-hybridized carbons (Fsp3) is 0.368. The van der Waals surface area contributed by atoms with Gasteiger partial charge in [-0.1, -0.05) is 37.3 Å². The summed E-state index contributed by atoms with van der Waals surface area (Å²) in [6.45, 7) is 7.38. The van der Waals surface area contributed by atoms with Crippen LogP contribution in [-0.4, -0.2) is 42.0 Å². The van der Waals surface area contributed by atoms with E-state index in [4.69, 9.17) is 0 Å². The van der Waals surface area contributed by atoms with Crippen molar-refractivity contribution < 1.29 is 9.18 Å². The number of rotatable bonds is 8. The predicted octanol–water partition coefficient (Wildman–Crippen LogP) is 4.84. The predicted molar refractivity (Wildman–Crippen MR) is 115 cm³/mol. The van der Waals surface area contributed by atoms with E-state index in [1.807, 2.05) is 23.6 Å². The number of carbonyl (C=O) groups is 1. The van der Waals surface area contributed by atoms with Crippen LogP contribution in [0.1, 0.15) is 18.7 Å². The first-order valence-electron chi connectivity index (χ1n) is 8.72. The fourth-order valence-electron chi connectivity index (χ4n) is 2.78. The average Bonchev–Trinajstić information content (AvgIpc) is 3.29. The summed E-state index contributed by atoms with van der Waals surface area (Å²) in [5.41, 5.74) is 0.337. The van der Waals surface area contributed by atoms with E-state index in [0.717, 1.165) is 29.2 Å². The number of carbonyl (C=O) groups excluding carboxylic acids is 1. The minimum absolute atomic E-state index is 0. The number of halogens is 2. The molecule has 2 aromatic heterocycles. The van der Waals surface area contributed by atoms with Crippen molar-refractivity contribution in [1.29, 1.82) is 0 Å². The van der Waals surface area contributed by atoms with Crippen LogP contribution in [0.25, 0.3) is 10.2 Å². The summed E-state index contributed by atoms with van der Waals surface area (Å²) >= 11 is 2.94. The lowest BCUT2D eigenvalue weighted by Gasteiger charge is -2.24. The Morgan fingerprint density at radius 1 is 1.15 bits per heavy atom. The number of thiazole rings is 1. The quantitative estimate of drug-likeness (QED) is 0.516. The zero-order valence-electron chi connectivity index (χ0n) is 15.4. The normalized spacial score (nSPS) is 11.0. The summed E-state index contributed by atoms with van der Waals surface area (Å²) < 4.78 is 14.8. The molecular weight excluding hydrogens is 405 g/mol. The molecule has 8 heteroatoms. The largest absolute Gasteiger partial charge is 0.302 e. The van der Waals surface area contributed by atoms with Gasteiger partial charge in [-0.15, -0.1) is 23.7 Å². The second-order valence-corrected chi connectivity index (χ2v) is 7.95. The van der Waals surface area contributed by atoms with E-state index in [1.54, 1.807) is 22.3 Å². The minimum Gasteiger partial charge on any atom is -0.302 e. The van der Waals surface area contributed by atoms with E-state index in [9.17, 15) is 9.18 Å². The molecule has 0 bridgehead atoms. The number of likely N-dealkylation sites (N-methyl/N-ethyl adjacent to an activating group) is 1. The second-order valence-electron chi connectivity index (χ2n) is 5.91. The van der Waals surface area contributed by atoms with Crippen LogP contribution in [0.4, 0.5) is 9.52 Å². The molecule has 0 unspecified atom stereocenters. The molecule has 27 heavy (non-hydrogen) atoms. The lowest BCUT2D eigenvalue weighted by atomic mass is 10.3. The van der Waals surface area contributed by atoms with E-state index >= 15 is 0 Å². The molecule has 1 aromatic carbocycles. The van der Waals surface area contributed by atoms with Crippen LogP contribution in [0.3, 0.4) is 0 Å². The third-order valence-corrected chi connectivity index (χ3v) is 6.25. The molecule has 0 spiro atoms. The van der Waals surface area contributed by atoms with E-state index in [1.165, 1.54) is 17.4 Å². The molecule has 0 saturated heterocycles. The summed E-state index contributed by atoms with van der Waals surface area (Å²) in [6.07, 6.45) is 0.342. The number of hydrogen-bond acceptors (Lipinski definition) is 5. The monoisotopic (exact) mass is 427 g/mol. The van der Waals surface area contributed by atoms with Crippen molar-refractivity contribution in [1.82, 2.24) is 9.88 Å². The topological polar surface area (TPSA) is 36.4 Å². The molecule has 146 valence electrons. The molecular formula is C19H23ClFN3OS2. The first-order chi connectivity index (χ1) is 12.6. The number of fused-ring (bicyclic) bond motifs is 1. The van der Waals surface area contributed by atoms with E-state index in [0.29, 0.717) is 23.6 Å². The molecule has 0 aliphatic rings. The Bertz CT molecular complexity index is 865. The van der Waals surface area contributed by atoms with Crippen LogP contribution in [0.2, 0.25) is 0 Å². The van der Waals surface area contributed by atoms with Crippen LogP contribution < -0.4 is 4.90 Å². The summed E-state index contributed by atoms with van der Waals surface area (Å²) in [6, 6.07) is 8.82. The Morgan fingerprint density at radius 2 is 1.93 bits per heavy atom. The number of amides is 1. The van der Waals surface area contributed by atoms with Crippen LogP contribution in [0.15, 0.2) is 35.7 Å². The summed E-state index contributed by atoms with van der Waals surface area (Å²) in [5.74, 6) is -0.349. The Kier molecular flexibility index (Phi) is 8.16. The number of hydrogen-bond donors (Lipinski definition) is 0. The third-order valence-electron chi connectivity index (χ3n) is 4.33. The third kappa shape index (κ3) is 5.25. The zero-order chi connectivity index (χ0) is 18.5. The van der Waals surface area contributed by atoms with Crippen molar-refractivity contribution in [2.24, 2.45) is 0 Å². The van der Waals surface area contributed by atoms with E-state index in [-0.39, 0.29) is 24.1 Å². The standard InChI is InChI=1S/C19H22FN3OS2.ClH/c1-3-22(4-2)10-11-23(17(24)13-14-7-6-12-25-14)19-21-18-15(20)8-5-9-16(18)26-19;/h5-9,12H,3-4,10-11,13H2,1-2H3;1H. The van der Waals surface area contributed by atoms with Crippen molar-refractivity contribution in [2.45, 2.75) is 20.3 Å². The van der Waals surface area contributed by atoms with E-state index in [2.05, 4.69) is 23.7 Å². The van der Waals surface area contributed by atoms with Crippen molar-refractivity contribution in [3.05, 3.63) is 46.4 Å². The van der Waals surface area contributed by atoms with Gasteiger partial charge in [0.25, 0.3) is 0 Å². The van der Waals surface area contributed by atoms with Crippen LogP contribution in [0.5, 0.6) is 0 Å². The van der Waals surface area contributed by atoms with Crippen LogP contribution in [0, 0.1) is 5.82 Å². The molecule has 3 aromatic rings. The Hall–Kier alpha value is -1.54. The van der Waals surface area contributed by atoms with Gasteiger partial charge >= 0.3 is 0 Å². The molecule has 0 atom stereocenters. The molecule has 3 rings (SSSR count). The first-order valence-corrected chi connectivity index (χ1v) is 10.4. The smallest absolute Gasteiger partial charge is 0.234 e. The maximum absolute atomic E-state index is 14.0. The number of benzene rings is 1. The Morgan fingerprint density at radius 3 is 2.56 bits per heavy atom. The van der Waals surface area contributed by atoms with Crippen molar-refractivity contribution in [2.75, 3.05) is 31.1 Å². The number of anilines is 1. The van der Waals surface area contributed by atoms with Gasteiger partial charge in [0.2, 0.25) is 5.91 Å². The van der Waals surface area contributed by atoms with Crippen molar-refractivity contribution in [3.63, 3.8) is 0 Å². The maximum atomic E-state index is 14.0. The van der Waals surface area contributed by atoms with Gasteiger partial charge in [0.15, 0.2) is 5.13 Å². The highest BCUT2D eigenvalue weighted by molar-refractivity contribution is 7.22. The second kappa shape index (κ2) is 10.1. The molecule has 0 aliphatic heterocycles. The highest BCUT2D eigenvalue weighted by Gasteiger charge is 2.21. The molecule has 0 radical (unpaired) electrons. The summed E-state index contributed by atoms with van der Waals surface area (Å²) in [5, 5.41) is 2.54. The average molecular weight is 428 g/mol. The lowest BCUT2D eigenvalue weighted by Crippen LogP contribution is -2.39. The fourth-order valence-corrected chi connectivity index (χ4v) is 4.50. The zero-order valence-corrected chi connectivity index (χ0v) is 17.8. The van der Waals surface area contributed by atoms with Gasteiger partial charge in [-0.05, 0) is 36.7 Å². The van der Waals surface area contributed by atoms with Gasteiger partial charge in [-0.2, -0.15) is 0 Å². The molecule has 0 fully saturated rings. The number of aromatic nitrogens is 1. The number of nitrogens with zero attached hydrogens (tertiary/aromatic N) is 3. The number of thiophene rings is 1. The van der Waals surface area contributed by atoms with Crippen LogP contribution in [-0.2, 0) is 11.2 Å². The summed E-state index contributed by atoms with van der Waals surface area (Å²) in [4.78, 5) is 22.4. The van der Waals surface area contributed by atoms with Crippen molar-refractivity contribution >= 4 is 56.3 Å². The Labute approximate surface area is 173 Å². The molecule has 0 N–H and O–H groups in total. The molecule has 0 saturated carbocycles. The lowest BCUT2D eigenvalue weighted by molar-refractivity contribution is -0.118. The van der Waals surface area contributed by atoms with Gasteiger partial charge in [0.05, 0.1) is 11.1 Å². The number of para-hydroxylation sites is 1. The van der Waals surface area contributed by atoms with E-state index < -0.39 is 0 Å². The van der Waals surface area contributed by atoms with Crippen molar-refractivity contribution in [3.8, 4) is 0 Å².